The third-order valence-electron chi connectivity index (χ3n) is 5.77. The molecule has 0 spiro atoms. The molecule has 4 nitrogen and oxygen atoms in total. The monoisotopic (exact) mass is 464 g/mol. The lowest BCUT2D eigenvalue weighted by molar-refractivity contribution is 0.310. The van der Waals surface area contributed by atoms with Gasteiger partial charge >= 0.3 is 0 Å². The third-order valence-corrected chi connectivity index (χ3v) is 6.56. The van der Waals surface area contributed by atoms with Crippen molar-refractivity contribution in [3.05, 3.63) is 70.3 Å². The molecule has 3 N–H and O–H groups in total. The van der Waals surface area contributed by atoms with Gasteiger partial charge in [0.2, 0.25) is 0 Å². The molecular formula is C28H40N4S. The smallest absolute Gasteiger partial charge is 0.140 e. The molecule has 0 fully saturated rings. The number of aryl methyl sites for hydroxylation is 3. The van der Waals surface area contributed by atoms with Crippen molar-refractivity contribution >= 4 is 29.2 Å². The number of nitrogens with zero attached hydrogens (tertiary/aromatic N) is 2. The Morgan fingerprint density at radius 2 is 1.85 bits per heavy atom. The van der Waals surface area contributed by atoms with E-state index in [1.165, 1.54) is 17.5 Å². The fourth-order valence-corrected chi connectivity index (χ4v) is 4.61. The Morgan fingerprint density at radius 1 is 1.21 bits per heavy atom. The summed E-state index contributed by atoms with van der Waals surface area (Å²) < 4.78 is 4.63. The average Bonchev–Trinajstić information content (AvgIpc) is 2.94. The van der Waals surface area contributed by atoms with Crippen molar-refractivity contribution in [1.82, 2.24) is 0 Å². The van der Waals surface area contributed by atoms with E-state index in [-0.39, 0.29) is 16.7 Å². The van der Waals surface area contributed by atoms with Gasteiger partial charge in [-0.25, -0.2) is 0 Å². The molecule has 5 heteroatoms. The summed E-state index contributed by atoms with van der Waals surface area (Å²) in [6.45, 7) is 16.9. The molecule has 1 aromatic carbocycles. The molecule has 0 saturated carbocycles. The zero-order chi connectivity index (χ0) is 24.8. The van der Waals surface area contributed by atoms with E-state index < -0.39 is 0 Å². The quantitative estimate of drug-likeness (QED) is 0.196. The van der Waals surface area contributed by atoms with Crippen LogP contribution in [-0.4, -0.2) is 28.6 Å². The highest BCUT2D eigenvalue weighted by Gasteiger charge is 2.30. The minimum absolute atomic E-state index is 0.00105. The van der Waals surface area contributed by atoms with E-state index in [9.17, 15) is 5.41 Å². The lowest BCUT2D eigenvalue weighted by Crippen LogP contribution is -2.31. The minimum atomic E-state index is -0.00105. The molecule has 0 bridgehead atoms. The molecule has 0 amide bonds. The number of hydrogen-bond acceptors (Lipinski definition) is 4. The van der Waals surface area contributed by atoms with Crippen LogP contribution in [0.3, 0.4) is 0 Å². The van der Waals surface area contributed by atoms with Gasteiger partial charge in [-0.3, -0.25) is 10.4 Å². The first-order valence-electron chi connectivity index (χ1n) is 11.7. The Balaban J connectivity index is 2.51. The van der Waals surface area contributed by atoms with Crippen molar-refractivity contribution in [2.45, 2.75) is 79.5 Å². The van der Waals surface area contributed by atoms with Gasteiger partial charge < -0.3 is 5.73 Å². The number of hydrogen-bond donors (Lipinski definition) is 2. The van der Waals surface area contributed by atoms with Gasteiger partial charge in [0.25, 0.3) is 0 Å². The maximum Gasteiger partial charge on any atom is 0.140 e. The maximum absolute atomic E-state index is 9.21. The summed E-state index contributed by atoms with van der Waals surface area (Å²) in [6.07, 6.45) is 12.0. The van der Waals surface area contributed by atoms with E-state index in [1.807, 2.05) is 25.2 Å². The first-order chi connectivity index (χ1) is 15.5. The Bertz CT molecular complexity index is 996. The van der Waals surface area contributed by atoms with Crippen LogP contribution in [0.4, 0.5) is 0 Å². The summed E-state index contributed by atoms with van der Waals surface area (Å²) in [7, 11) is 0. The molecule has 1 heterocycles. The fraction of sp³-hybridized carbons (Fsp3) is 0.464. The molecule has 2 rings (SSSR count). The van der Waals surface area contributed by atoms with Crippen LogP contribution in [0.25, 0.3) is 0 Å². The largest absolute Gasteiger partial charge is 0.383 e. The molecule has 33 heavy (non-hydrogen) atoms. The zero-order valence-corrected chi connectivity index (χ0v) is 22.3. The molecule has 2 unspecified atom stereocenters. The molecule has 0 radical (unpaired) electrons. The molecule has 1 aliphatic rings. The molecule has 0 aromatic heterocycles. The van der Waals surface area contributed by atoms with Gasteiger partial charge in [0.05, 0.1) is 17.5 Å². The Labute approximate surface area is 204 Å². The van der Waals surface area contributed by atoms with Crippen LogP contribution >= 0.6 is 11.9 Å². The highest BCUT2D eigenvalue weighted by Crippen LogP contribution is 2.31. The maximum atomic E-state index is 9.21. The second-order valence-electron chi connectivity index (χ2n) is 9.90. The molecule has 0 aliphatic carbocycles. The van der Waals surface area contributed by atoms with Crippen LogP contribution in [0.5, 0.6) is 0 Å². The summed E-state index contributed by atoms with van der Waals surface area (Å²) in [5.74, 6) is 0.437. The predicted octanol–water partition coefficient (Wildman–Crippen LogP) is 7.08. The van der Waals surface area contributed by atoms with Crippen LogP contribution in [0, 0.1) is 31.6 Å². The highest BCUT2D eigenvalue weighted by molar-refractivity contribution is 7.98. The molecule has 0 saturated heterocycles. The highest BCUT2D eigenvalue weighted by atomic mass is 32.2. The number of nitrogens with two attached hydrogens (primary N) is 1. The first kappa shape index (κ1) is 26.8. The van der Waals surface area contributed by atoms with Gasteiger partial charge in [-0.05, 0) is 76.0 Å². The number of allylic oxidation sites excluding steroid dienone is 4. The van der Waals surface area contributed by atoms with Crippen LogP contribution < -0.4 is 5.73 Å². The third kappa shape index (κ3) is 7.29. The first-order valence-corrected chi connectivity index (χ1v) is 12.5. The second kappa shape index (κ2) is 11.6. The van der Waals surface area contributed by atoms with Crippen molar-refractivity contribution < 1.29 is 0 Å². The van der Waals surface area contributed by atoms with Crippen molar-refractivity contribution in [1.29, 1.82) is 5.41 Å². The Hall–Kier alpha value is -2.40. The van der Waals surface area contributed by atoms with Gasteiger partial charge in [0.1, 0.15) is 5.84 Å². The van der Waals surface area contributed by atoms with Gasteiger partial charge in [-0.2, -0.15) is 4.40 Å². The van der Waals surface area contributed by atoms with E-state index in [4.69, 9.17) is 10.7 Å². The standard InChI is InChI=1S/C28H40N4S/c1-9-10-11-13-21(5)33-32-27(30)22-14-12-15-23(28(6,7)8)31-26(22)25(29)24-19(3)16-18(2)17-20(24)4/h9-11,13-14,16-17,21,23,29H,12,15H2,1-8H3,(H2,30,32)/b10-9-,13-11-,29-25?. The minimum Gasteiger partial charge on any atom is -0.383 e. The van der Waals surface area contributed by atoms with Crippen molar-refractivity contribution in [3.8, 4) is 0 Å². The number of aliphatic imine (C=N–C) groups is 1. The molecule has 178 valence electrons. The summed E-state index contributed by atoms with van der Waals surface area (Å²) in [6, 6.07) is 4.37. The van der Waals surface area contributed by atoms with Gasteiger partial charge in [-0.1, -0.05) is 68.8 Å². The van der Waals surface area contributed by atoms with E-state index >= 15 is 0 Å². The predicted molar refractivity (Wildman–Crippen MR) is 148 cm³/mol. The summed E-state index contributed by atoms with van der Waals surface area (Å²) >= 11 is 1.44. The number of rotatable bonds is 7. The number of benzene rings is 1. The molecule has 1 aliphatic heterocycles. The lowest BCUT2D eigenvalue weighted by atomic mass is 9.84. The van der Waals surface area contributed by atoms with E-state index in [0.29, 0.717) is 17.3 Å². The van der Waals surface area contributed by atoms with Gasteiger partial charge in [0.15, 0.2) is 0 Å². The SMILES string of the molecule is C/C=C\C=C/C(C)S/N=C(\N)C1=CCCC(C(C)(C)C)N=C1C(=N)c1c(C)cc(C)cc1C. The van der Waals surface area contributed by atoms with Crippen LogP contribution in [-0.2, 0) is 0 Å². The van der Waals surface area contributed by atoms with Crippen molar-refractivity contribution in [3.63, 3.8) is 0 Å². The summed E-state index contributed by atoms with van der Waals surface area (Å²) in [5.41, 5.74) is 12.7. The van der Waals surface area contributed by atoms with E-state index in [1.54, 1.807) is 0 Å². The van der Waals surface area contributed by atoms with Gasteiger partial charge in [0, 0.05) is 16.4 Å². The molecule has 2 atom stereocenters. The zero-order valence-electron chi connectivity index (χ0n) is 21.5. The van der Waals surface area contributed by atoms with Crippen molar-refractivity contribution in [2.24, 2.45) is 20.5 Å². The van der Waals surface area contributed by atoms with Crippen LogP contribution in [0.15, 0.2) is 57.5 Å². The van der Waals surface area contributed by atoms with E-state index in [2.05, 4.69) is 77.1 Å². The van der Waals surface area contributed by atoms with Crippen LogP contribution in [0.2, 0.25) is 0 Å². The average molecular weight is 465 g/mol. The summed E-state index contributed by atoms with van der Waals surface area (Å²) in [5, 5.41) is 9.40. The van der Waals surface area contributed by atoms with Gasteiger partial charge in [-0.15, -0.1) is 0 Å². The van der Waals surface area contributed by atoms with E-state index in [0.717, 1.165) is 35.1 Å². The van der Waals surface area contributed by atoms with Crippen molar-refractivity contribution in [2.75, 3.05) is 0 Å². The fourth-order valence-electron chi connectivity index (χ4n) is 4.07. The number of amidine groups is 1. The molecular weight excluding hydrogens is 424 g/mol. The lowest BCUT2D eigenvalue weighted by Gasteiger charge is -2.27. The topological polar surface area (TPSA) is 74.6 Å². The Morgan fingerprint density at radius 3 is 2.42 bits per heavy atom. The molecule has 1 aromatic rings. The number of nitrogens with one attached hydrogen (secondary N) is 1. The summed E-state index contributed by atoms with van der Waals surface area (Å²) in [4.78, 5) is 5.15. The normalized spacial score (nSPS) is 18.9. The second-order valence-corrected chi connectivity index (χ2v) is 11.0. The van der Waals surface area contributed by atoms with Crippen LogP contribution in [0.1, 0.15) is 69.7 Å². The Kier molecular flexibility index (Phi) is 9.47.